The first-order chi connectivity index (χ1) is 8.00. The van der Waals surface area contributed by atoms with Crippen LogP contribution in [-0.2, 0) is 9.33 Å². The first kappa shape index (κ1) is 32.9. The van der Waals surface area contributed by atoms with Crippen LogP contribution in [0.2, 0.25) is 0 Å². The van der Waals surface area contributed by atoms with Crippen molar-refractivity contribution in [2.45, 2.75) is 0 Å². The summed E-state index contributed by atoms with van der Waals surface area (Å²) < 4.78 is 142. The van der Waals surface area contributed by atoms with Crippen LogP contribution in [0.25, 0.3) is 0 Å². The summed E-state index contributed by atoms with van der Waals surface area (Å²) in [6.07, 6.45) is 0. The number of halogens is 13. The van der Waals surface area contributed by atoms with Crippen LogP contribution in [0.4, 0.5) is 51.8 Å². The maximum atomic E-state index is 9.75. The van der Waals surface area contributed by atoms with Crippen LogP contribution in [0, 0.1) is 0 Å². The zero-order chi connectivity index (χ0) is 18.0. The average Bonchev–Trinajstić information content (AvgIpc) is 1.62. The van der Waals surface area contributed by atoms with E-state index >= 15 is 0 Å². The van der Waals surface area contributed by atoms with Crippen molar-refractivity contribution in [3.63, 3.8) is 0 Å². The van der Waals surface area contributed by atoms with Gasteiger partial charge in [-0.15, -0.1) is 0 Å². The van der Waals surface area contributed by atoms with Gasteiger partial charge in [-0.3, -0.25) is 4.55 Å². The third-order valence-corrected chi connectivity index (χ3v) is 0. The van der Waals surface area contributed by atoms with Crippen molar-refractivity contribution in [3.05, 3.63) is 0 Å². The molecule has 0 heterocycles. The number of rotatable bonds is 0. The van der Waals surface area contributed by atoms with E-state index in [9.17, 15) is 51.8 Å². The van der Waals surface area contributed by atoms with Gasteiger partial charge >= 0.3 is 50.0 Å². The van der Waals surface area contributed by atoms with Crippen LogP contribution in [0.15, 0.2) is 0 Å². The van der Waals surface area contributed by atoms with Crippen molar-refractivity contribution >= 4 is 60.6 Å². The topological polar surface area (TPSA) is 54.4 Å². The molecule has 0 saturated carbocycles. The molecule has 0 radical (unpaired) electrons. The van der Waals surface area contributed by atoms with E-state index in [4.69, 9.17) is 13.0 Å². The predicted molar refractivity (Wildman–Crippen MR) is 55.1 cm³/mol. The third-order valence-electron chi connectivity index (χ3n) is 0. The van der Waals surface area contributed by atoms with Crippen molar-refractivity contribution < 1.29 is 64.8 Å². The molecule has 3 nitrogen and oxygen atoms in total. The van der Waals surface area contributed by atoms with Gasteiger partial charge in [-0.1, -0.05) is 0 Å². The van der Waals surface area contributed by atoms with Crippen LogP contribution >= 0.6 is 10.7 Å². The van der Waals surface area contributed by atoms with E-state index in [0.29, 0.717) is 0 Å². The normalized spacial score (nSPS) is 11.3. The van der Waals surface area contributed by atoms with Gasteiger partial charge in [0.1, 0.15) is 0 Å². The molecule has 0 fully saturated rings. The summed E-state index contributed by atoms with van der Waals surface area (Å²) in [5.74, 6) is 0. The van der Waals surface area contributed by atoms with E-state index in [1.54, 1.807) is 0 Å². The molecule has 0 aliphatic rings. The molecule has 130 valence electrons. The number of hydrogen-bond donors (Lipinski definition) is 1. The monoisotopic (exact) mass is 385 g/mol. The van der Waals surface area contributed by atoms with Crippen LogP contribution in [-0.4, -0.2) is 53.6 Å². The Morgan fingerprint density at radius 2 is 0.619 bits per heavy atom. The van der Waals surface area contributed by atoms with Gasteiger partial charge in [-0.05, 0) is 0 Å². The van der Waals surface area contributed by atoms with Crippen molar-refractivity contribution in [1.29, 1.82) is 0 Å². The van der Waals surface area contributed by atoms with Crippen LogP contribution in [0.5, 0.6) is 0 Å². The van der Waals surface area contributed by atoms with Gasteiger partial charge in [0, 0.05) is 10.7 Å². The number of hydrogen-bond acceptors (Lipinski definition) is 2. The van der Waals surface area contributed by atoms with E-state index in [0.717, 1.165) is 0 Å². The molecule has 0 rings (SSSR count). The van der Waals surface area contributed by atoms with Gasteiger partial charge in [0.05, 0.1) is 0 Å². The van der Waals surface area contributed by atoms with E-state index in [2.05, 4.69) is 10.7 Å². The van der Waals surface area contributed by atoms with Crippen molar-refractivity contribution in [1.82, 2.24) is 0 Å². The fourth-order valence-electron chi connectivity index (χ4n) is 0. The first-order valence-corrected chi connectivity index (χ1v) is 5.56. The van der Waals surface area contributed by atoms with Gasteiger partial charge in [-0.25, -0.2) is 0 Å². The van der Waals surface area contributed by atoms with E-state index in [1.807, 2.05) is 0 Å². The van der Waals surface area contributed by atoms with Crippen LogP contribution in [0.3, 0.4) is 0 Å². The Hall–Kier alpha value is 0.152. The minimum atomic E-state index is -6.00. The summed E-state index contributed by atoms with van der Waals surface area (Å²) in [4.78, 5) is 0. The minimum absolute atomic E-state index is 0. The molecule has 0 aliphatic carbocycles. The Bertz CT molecular complexity index is 264. The Morgan fingerprint density at radius 3 is 0.619 bits per heavy atom. The predicted octanol–water partition coefficient (Wildman–Crippen LogP) is 3.28. The summed E-state index contributed by atoms with van der Waals surface area (Å²) >= 11 is 0. The first-order valence-electron chi connectivity index (χ1n) is 3.29. The van der Waals surface area contributed by atoms with Gasteiger partial charge < -0.3 is 51.8 Å². The Morgan fingerprint density at radius 1 is 0.619 bits per heavy atom. The van der Waals surface area contributed by atoms with Crippen LogP contribution in [0.1, 0.15) is 0 Å². The molecule has 0 saturated heterocycles. The molecule has 0 aliphatic heterocycles. The summed E-state index contributed by atoms with van der Waals surface area (Å²) in [6.45, 7) is 0. The second kappa shape index (κ2) is 12.7. The van der Waals surface area contributed by atoms with E-state index < -0.39 is 31.1 Å². The van der Waals surface area contributed by atoms with Gasteiger partial charge in [0.2, 0.25) is 0 Å². The molecule has 0 spiro atoms. The quantitative estimate of drug-likeness (QED) is 0.302. The molecule has 0 bridgehead atoms. The third kappa shape index (κ3) is 287000. The zero-order valence-electron chi connectivity index (χ0n) is 8.32. The van der Waals surface area contributed by atoms with Gasteiger partial charge in [0.25, 0.3) is 0 Å². The second-order valence-corrected chi connectivity index (χ2v) is 3.89. The van der Waals surface area contributed by atoms with E-state index in [1.165, 1.54) is 0 Å². The second-order valence-electron chi connectivity index (χ2n) is 1.90. The molecule has 0 aromatic rings. The molecule has 21 heavy (non-hydrogen) atoms. The van der Waals surface area contributed by atoms with Crippen molar-refractivity contribution in [2.75, 3.05) is 0 Å². The molecule has 0 unspecified atom stereocenters. The van der Waals surface area contributed by atoms with Crippen molar-refractivity contribution in [3.8, 4) is 0 Å². The Kier molecular flexibility index (Phi) is 19.9. The van der Waals surface area contributed by atoms with Gasteiger partial charge in [-0.2, -0.15) is 8.42 Å². The molecule has 0 aromatic carbocycles. The molecular formula is H2B3ClF12LiO3S-3. The fourth-order valence-corrected chi connectivity index (χ4v) is 0. The summed E-state index contributed by atoms with van der Waals surface area (Å²) in [5, 5.41) is 0. The van der Waals surface area contributed by atoms with Crippen molar-refractivity contribution in [2.24, 2.45) is 0 Å². The average molecular weight is 385 g/mol. The van der Waals surface area contributed by atoms with E-state index in [-0.39, 0.29) is 18.9 Å². The molecule has 0 aromatic heterocycles. The Labute approximate surface area is 126 Å². The molecule has 0 amide bonds. The van der Waals surface area contributed by atoms with Crippen LogP contribution < -0.4 is 0 Å². The Balaban J connectivity index is -0.0000000533. The fraction of sp³-hybridized carbons (Fsp3) is 0. The van der Waals surface area contributed by atoms with Gasteiger partial charge in [0.15, 0.2) is 0 Å². The zero-order valence-corrected chi connectivity index (χ0v) is 9.89. The standard InChI is InChI=1S/3BF4.ClHO3S.Li.H/c3*2-1(3,4)5;1-5(2,3)4;;/h;;;(H,2,3,4);;/q3*-1;;;. The molecule has 0 atom stereocenters. The summed E-state index contributed by atoms with van der Waals surface area (Å²) in [6, 6.07) is 0. The summed E-state index contributed by atoms with van der Waals surface area (Å²) in [5.41, 5.74) is 0. The summed E-state index contributed by atoms with van der Waals surface area (Å²) in [7, 11) is -18.1. The molecule has 1 N–H and O–H groups in total. The SMILES string of the molecule is F[B-](F)(F)F.F[B-](F)(F)F.F[B-](F)(F)F.O=S(=O)(O)Cl.[LiH]. The molecule has 21 heteroatoms. The maximum absolute atomic E-state index is 9.75. The molecular weight excluding hydrogens is 383 g/mol.